The summed E-state index contributed by atoms with van der Waals surface area (Å²) in [6.07, 6.45) is 3.88. The van der Waals surface area contributed by atoms with Crippen molar-refractivity contribution in [1.29, 1.82) is 0 Å². The van der Waals surface area contributed by atoms with Crippen molar-refractivity contribution in [2.75, 3.05) is 18.0 Å². The van der Waals surface area contributed by atoms with Gasteiger partial charge in [-0.15, -0.1) is 0 Å². The summed E-state index contributed by atoms with van der Waals surface area (Å²) >= 11 is 0. The number of carbonyl (C=O) groups is 1. The first-order valence-corrected chi connectivity index (χ1v) is 8.90. The fourth-order valence-electron chi connectivity index (χ4n) is 3.44. The van der Waals surface area contributed by atoms with Gasteiger partial charge in [0.25, 0.3) is 5.69 Å². The number of carbonyl (C=O) groups excluding carboxylic acids is 1. The Morgan fingerprint density at radius 1 is 1.23 bits per heavy atom. The van der Waals surface area contributed by atoms with Crippen molar-refractivity contribution in [2.45, 2.75) is 44.4 Å². The molecular weight excluding hydrogens is 336 g/mol. The van der Waals surface area contributed by atoms with Gasteiger partial charge in [0.15, 0.2) is 11.6 Å². The van der Waals surface area contributed by atoms with E-state index >= 15 is 0 Å². The highest BCUT2D eigenvalue weighted by molar-refractivity contribution is 5.95. The third kappa shape index (κ3) is 3.18. The summed E-state index contributed by atoms with van der Waals surface area (Å²) in [6, 6.07) is 4.69. The van der Waals surface area contributed by atoms with Gasteiger partial charge >= 0.3 is 0 Å². The normalized spacial score (nSPS) is 18.1. The minimum absolute atomic E-state index is 0.0215. The lowest BCUT2D eigenvalue weighted by Gasteiger charge is -2.32. The van der Waals surface area contributed by atoms with Crippen LogP contribution in [-0.4, -0.2) is 33.9 Å². The van der Waals surface area contributed by atoms with Gasteiger partial charge in [-0.2, -0.15) is 4.98 Å². The average Bonchev–Trinajstić information content (AvgIpc) is 3.38. The zero-order chi connectivity index (χ0) is 18.3. The number of aromatic nitrogens is 2. The van der Waals surface area contributed by atoms with Crippen LogP contribution < -0.4 is 4.90 Å². The van der Waals surface area contributed by atoms with Gasteiger partial charge < -0.3 is 9.42 Å². The molecule has 0 radical (unpaired) electrons. The van der Waals surface area contributed by atoms with Crippen LogP contribution in [0.4, 0.5) is 11.4 Å². The maximum Gasteiger partial charge on any atom is 0.293 e. The number of nitrogens with zero attached hydrogens (tertiary/aromatic N) is 4. The minimum Gasteiger partial charge on any atom is -0.366 e. The average molecular weight is 356 g/mol. The van der Waals surface area contributed by atoms with Crippen molar-refractivity contribution in [3.63, 3.8) is 0 Å². The predicted octanol–water partition coefficient (Wildman–Crippen LogP) is 3.44. The van der Waals surface area contributed by atoms with Crippen molar-refractivity contribution in [3.05, 3.63) is 45.6 Å². The molecule has 1 aliphatic heterocycles. The minimum atomic E-state index is -0.422. The van der Waals surface area contributed by atoms with Gasteiger partial charge in [-0.25, -0.2) is 0 Å². The Morgan fingerprint density at radius 3 is 2.58 bits per heavy atom. The van der Waals surface area contributed by atoms with Crippen LogP contribution in [0.1, 0.15) is 66.5 Å². The van der Waals surface area contributed by atoms with Gasteiger partial charge in [0, 0.05) is 36.6 Å². The Morgan fingerprint density at radius 2 is 1.96 bits per heavy atom. The molecule has 4 rings (SSSR count). The van der Waals surface area contributed by atoms with Gasteiger partial charge in [-0.3, -0.25) is 14.9 Å². The summed E-state index contributed by atoms with van der Waals surface area (Å²) < 4.78 is 5.34. The molecule has 0 unspecified atom stereocenters. The maximum atomic E-state index is 11.5. The van der Waals surface area contributed by atoms with Crippen molar-refractivity contribution in [2.24, 2.45) is 0 Å². The summed E-state index contributed by atoms with van der Waals surface area (Å²) in [5.74, 6) is 1.99. The van der Waals surface area contributed by atoms with E-state index in [1.54, 1.807) is 12.1 Å². The van der Waals surface area contributed by atoms with Crippen LogP contribution in [0.25, 0.3) is 0 Å². The second kappa shape index (κ2) is 6.51. The number of ketones is 1. The number of rotatable bonds is 5. The van der Waals surface area contributed by atoms with E-state index in [4.69, 9.17) is 4.52 Å². The molecular formula is C18H20N4O4. The molecule has 0 atom stereocenters. The Balaban J connectivity index is 1.48. The highest BCUT2D eigenvalue weighted by atomic mass is 16.6. The molecule has 0 bridgehead atoms. The van der Waals surface area contributed by atoms with Crippen molar-refractivity contribution in [3.8, 4) is 0 Å². The molecule has 8 nitrogen and oxygen atoms in total. The zero-order valence-corrected chi connectivity index (χ0v) is 14.6. The van der Waals surface area contributed by atoms with E-state index in [1.165, 1.54) is 13.0 Å². The largest absolute Gasteiger partial charge is 0.366 e. The number of piperidine rings is 1. The third-order valence-electron chi connectivity index (χ3n) is 5.16. The number of nitro groups is 1. The second-order valence-corrected chi connectivity index (χ2v) is 7.04. The molecule has 1 saturated heterocycles. The topological polar surface area (TPSA) is 102 Å². The van der Waals surface area contributed by atoms with E-state index in [2.05, 4.69) is 10.1 Å². The molecule has 26 heavy (non-hydrogen) atoms. The molecule has 2 aromatic rings. The number of hydrogen-bond donors (Lipinski definition) is 0. The first-order chi connectivity index (χ1) is 12.5. The molecule has 1 aromatic carbocycles. The monoisotopic (exact) mass is 356 g/mol. The number of nitro benzene ring substituents is 1. The highest BCUT2D eigenvalue weighted by Crippen LogP contribution is 2.40. The first kappa shape index (κ1) is 16.7. The van der Waals surface area contributed by atoms with Crippen LogP contribution in [0, 0.1) is 10.1 Å². The number of hydrogen-bond acceptors (Lipinski definition) is 7. The highest BCUT2D eigenvalue weighted by Gasteiger charge is 2.32. The van der Waals surface area contributed by atoms with Crippen LogP contribution in [0.2, 0.25) is 0 Å². The number of anilines is 1. The molecule has 1 saturated carbocycles. The SMILES string of the molecule is CC(=O)c1ccc(N2CCC(c3noc(C4CC4)n3)CC2)c([N+](=O)[O-])c1. The van der Waals surface area contributed by atoms with E-state index in [0.29, 0.717) is 30.3 Å². The fourth-order valence-corrected chi connectivity index (χ4v) is 3.44. The second-order valence-electron chi connectivity index (χ2n) is 7.04. The van der Waals surface area contributed by atoms with Gasteiger partial charge in [-0.1, -0.05) is 5.16 Å². The van der Waals surface area contributed by atoms with Crippen molar-refractivity contribution >= 4 is 17.2 Å². The molecule has 1 aromatic heterocycles. The summed E-state index contributed by atoms with van der Waals surface area (Å²) in [6.45, 7) is 2.77. The summed E-state index contributed by atoms with van der Waals surface area (Å²) in [7, 11) is 0. The standard InChI is InChI=1S/C18H20N4O4/c1-11(23)14-4-5-15(16(10-14)22(24)25)21-8-6-12(7-9-21)17-19-18(26-20-17)13-2-3-13/h4-5,10,12-13H,2-3,6-9H2,1H3. The maximum absolute atomic E-state index is 11.5. The van der Waals surface area contributed by atoms with Gasteiger partial charge in [0.05, 0.1) is 4.92 Å². The number of Topliss-reactive ketones (excluding diaryl/α,β-unsaturated/α-hetero) is 1. The summed E-state index contributed by atoms with van der Waals surface area (Å²) in [5.41, 5.74) is 0.895. The van der Waals surface area contributed by atoms with E-state index < -0.39 is 4.92 Å². The molecule has 1 aliphatic carbocycles. The molecule has 0 N–H and O–H groups in total. The third-order valence-corrected chi connectivity index (χ3v) is 5.16. The van der Waals surface area contributed by atoms with Crippen LogP contribution in [0.3, 0.4) is 0 Å². The van der Waals surface area contributed by atoms with Crippen LogP contribution >= 0.6 is 0 Å². The van der Waals surface area contributed by atoms with Gasteiger partial charge in [0.1, 0.15) is 5.69 Å². The number of benzene rings is 1. The van der Waals surface area contributed by atoms with E-state index in [-0.39, 0.29) is 17.4 Å². The Hall–Kier alpha value is -2.77. The quantitative estimate of drug-likeness (QED) is 0.459. The van der Waals surface area contributed by atoms with Crippen LogP contribution in [-0.2, 0) is 0 Å². The summed E-state index contributed by atoms with van der Waals surface area (Å²) in [5, 5.41) is 15.6. The van der Waals surface area contributed by atoms with E-state index in [0.717, 1.165) is 37.4 Å². The Labute approximate surface area is 150 Å². The van der Waals surface area contributed by atoms with Gasteiger partial charge in [-0.05, 0) is 44.7 Å². The predicted molar refractivity (Wildman–Crippen MR) is 93.6 cm³/mol. The lowest BCUT2D eigenvalue weighted by Crippen LogP contribution is -2.33. The molecule has 8 heteroatoms. The lowest BCUT2D eigenvalue weighted by molar-refractivity contribution is -0.384. The lowest BCUT2D eigenvalue weighted by atomic mass is 9.95. The molecule has 136 valence electrons. The smallest absolute Gasteiger partial charge is 0.293 e. The van der Waals surface area contributed by atoms with E-state index in [1.807, 2.05) is 4.90 Å². The zero-order valence-electron chi connectivity index (χ0n) is 14.6. The molecule has 0 amide bonds. The van der Waals surface area contributed by atoms with Crippen LogP contribution in [0.15, 0.2) is 22.7 Å². The van der Waals surface area contributed by atoms with Crippen LogP contribution in [0.5, 0.6) is 0 Å². The molecule has 2 aliphatic rings. The Bertz CT molecular complexity index is 851. The van der Waals surface area contributed by atoms with Crippen molar-refractivity contribution in [1.82, 2.24) is 10.1 Å². The molecule has 0 spiro atoms. The Kier molecular flexibility index (Phi) is 4.18. The first-order valence-electron chi connectivity index (χ1n) is 8.90. The fraction of sp³-hybridized carbons (Fsp3) is 0.500. The van der Waals surface area contributed by atoms with Crippen molar-refractivity contribution < 1.29 is 14.2 Å². The molecule has 2 fully saturated rings. The summed E-state index contributed by atoms with van der Waals surface area (Å²) in [4.78, 5) is 29.0. The van der Waals surface area contributed by atoms with Gasteiger partial charge in [0.2, 0.25) is 5.89 Å². The molecule has 2 heterocycles. The van der Waals surface area contributed by atoms with E-state index in [9.17, 15) is 14.9 Å².